The lowest BCUT2D eigenvalue weighted by molar-refractivity contribution is 0.331. The molecule has 1 fully saturated rings. The van der Waals surface area contributed by atoms with Crippen molar-refractivity contribution in [1.29, 1.82) is 0 Å². The fraction of sp³-hybridized carbons (Fsp3) is 0.583. The monoisotopic (exact) mass is 287 g/mol. The Kier molecular flexibility index (Phi) is 3.36. The van der Waals surface area contributed by atoms with Crippen molar-refractivity contribution in [3.8, 4) is 0 Å². The maximum absolute atomic E-state index is 6.16. The second-order valence-corrected chi connectivity index (χ2v) is 6.33. The molecule has 1 aliphatic carbocycles. The Morgan fingerprint density at radius 3 is 2.93 bits per heavy atom. The summed E-state index contributed by atoms with van der Waals surface area (Å²) in [6, 6.07) is 4.15. The van der Waals surface area contributed by atoms with Crippen LogP contribution >= 0.6 is 27.5 Å². The summed E-state index contributed by atoms with van der Waals surface area (Å²) in [5.41, 5.74) is 1.53. The molecule has 0 bridgehead atoms. The molecular weight excluding hydrogens is 273 g/mol. The lowest BCUT2D eigenvalue weighted by atomic mass is 9.84. The van der Waals surface area contributed by atoms with E-state index < -0.39 is 0 Å². The Labute approximate surface area is 104 Å². The van der Waals surface area contributed by atoms with Crippen molar-refractivity contribution in [2.24, 2.45) is 5.41 Å². The standard InChI is InChI=1S/C12H15BrClN/c1-12(5-4-10(14)6-12)7-11-3-2-9(13)8-15-11/h2-3,8,10H,4-7H2,1H3. The molecule has 82 valence electrons. The molecule has 3 heteroatoms. The Morgan fingerprint density at radius 2 is 2.40 bits per heavy atom. The van der Waals surface area contributed by atoms with Gasteiger partial charge in [0.15, 0.2) is 0 Å². The van der Waals surface area contributed by atoms with Gasteiger partial charge in [-0.15, -0.1) is 11.6 Å². The highest BCUT2D eigenvalue weighted by molar-refractivity contribution is 9.10. The van der Waals surface area contributed by atoms with Gasteiger partial charge in [0.1, 0.15) is 0 Å². The highest BCUT2D eigenvalue weighted by Crippen LogP contribution is 2.42. The van der Waals surface area contributed by atoms with Crippen LogP contribution in [0.25, 0.3) is 0 Å². The molecule has 1 saturated carbocycles. The van der Waals surface area contributed by atoms with Crippen molar-refractivity contribution in [1.82, 2.24) is 4.98 Å². The predicted octanol–water partition coefficient (Wildman–Crippen LogP) is 4.18. The first-order chi connectivity index (χ1) is 7.07. The zero-order valence-corrected chi connectivity index (χ0v) is 11.2. The Hall–Kier alpha value is -0.0800. The minimum absolute atomic E-state index is 0.354. The molecule has 0 amide bonds. The van der Waals surface area contributed by atoms with Gasteiger partial charge >= 0.3 is 0 Å². The second-order valence-electron chi connectivity index (χ2n) is 4.80. The highest BCUT2D eigenvalue weighted by Gasteiger charge is 2.34. The first-order valence-corrected chi connectivity index (χ1v) is 6.55. The summed E-state index contributed by atoms with van der Waals surface area (Å²) in [5.74, 6) is 0. The summed E-state index contributed by atoms with van der Waals surface area (Å²) in [4.78, 5) is 4.42. The van der Waals surface area contributed by atoms with E-state index in [1.165, 1.54) is 12.1 Å². The molecule has 0 saturated heterocycles. The van der Waals surface area contributed by atoms with Crippen LogP contribution in [0.1, 0.15) is 31.9 Å². The van der Waals surface area contributed by atoms with Gasteiger partial charge in [-0.2, -0.15) is 0 Å². The van der Waals surface area contributed by atoms with Crippen molar-refractivity contribution in [3.63, 3.8) is 0 Å². The van der Waals surface area contributed by atoms with E-state index >= 15 is 0 Å². The van der Waals surface area contributed by atoms with E-state index in [2.05, 4.69) is 40.0 Å². The lowest BCUT2D eigenvalue weighted by Gasteiger charge is -2.22. The number of nitrogens with zero attached hydrogens (tertiary/aromatic N) is 1. The zero-order valence-electron chi connectivity index (χ0n) is 8.84. The molecule has 2 unspecified atom stereocenters. The molecule has 0 aromatic carbocycles. The number of rotatable bonds is 2. The molecule has 1 aromatic heterocycles. The summed E-state index contributed by atoms with van der Waals surface area (Å²) in [5, 5.41) is 0.366. The van der Waals surface area contributed by atoms with Gasteiger partial charge < -0.3 is 0 Å². The molecule has 2 atom stereocenters. The Morgan fingerprint density at radius 1 is 1.60 bits per heavy atom. The molecule has 1 nitrogen and oxygen atoms in total. The van der Waals surface area contributed by atoms with Crippen LogP contribution in [0.3, 0.4) is 0 Å². The summed E-state index contributed by atoms with van der Waals surface area (Å²) in [7, 11) is 0. The van der Waals surface area contributed by atoms with Gasteiger partial charge in [0.25, 0.3) is 0 Å². The number of hydrogen-bond acceptors (Lipinski definition) is 1. The third-order valence-corrected chi connectivity index (χ3v) is 4.01. The van der Waals surface area contributed by atoms with E-state index in [4.69, 9.17) is 11.6 Å². The number of aromatic nitrogens is 1. The minimum atomic E-state index is 0.354. The lowest BCUT2D eigenvalue weighted by Crippen LogP contribution is -2.16. The van der Waals surface area contributed by atoms with E-state index in [0.717, 1.165) is 23.7 Å². The average Bonchev–Trinajstić information content (AvgIpc) is 2.50. The van der Waals surface area contributed by atoms with Crippen LogP contribution in [0.4, 0.5) is 0 Å². The first kappa shape index (κ1) is 11.4. The van der Waals surface area contributed by atoms with Crippen LogP contribution in [0, 0.1) is 5.41 Å². The van der Waals surface area contributed by atoms with Crippen LogP contribution in [-0.2, 0) is 6.42 Å². The van der Waals surface area contributed by atoms with Crippen molar-refractivity contribution in [3.05, 3.63) is 28.5 Å². The van der Waals surface area contributed by atoms with Crippen molar-refractivity contribution in [2.75, 3.05) is 0 Å². The fourth-order valence-electron chi connectivity index (χ4n) is 2.35. The van der Waals surface area contributed by atoms with Crippen molar-refractivity contribution in [2.45, 2.75) is 38.0 Å². The Balaban J connectivity index is 2.05. The quantitative estimate of drug-likeness (QED) is 0.744. The molecule has 1 aliphatic rings. The van der Waals surface area contributed by atoms with E-state index in [1.807, 2.05) is 6.20 Å². The van der Waals surface area contributed by atoms with E-state index in [9.17, 15) is 0 Å². The molecule has 15 heavy (non-hydrogen) atoms. The highest BCUT2D eigenvalue weighted by atomic mass is 79.9. The summed E-state index contributed by atoms with van der Waals surface area (Å²) in [6.07, 6.45) is 6.40. The minimum Gasteiger partial charge on any atom is -0.260 e. The predicted molar refractivity (Wildman–Crippen MR) is 67.2 cm³/mol. The van der Waals surface area contributed by atoms with Crippen LogP contribution in [-0.4, -0.2) is 10.4 Å². The number of pyridine rings is 1. The van der Waals surface area contributed by atoms with E-state index in [-0.39, 0.29) is 0 Å². The van der Waals surface area contributed by atoms with Gasteiger partial charge in [0.05, 0.1) is 0 Å². The van der Waals surface area contributed by atoms with E-state index in [1.54, 1.807) is 0 Å². The average molecular weight is 289 g/mol. The molecule has 1 aromatic rings. The molecule has 0 radical (unpaired) electrons. The molecule has 1 heterocycles. The number of alkyl halides is 1. The molecule has 0 aliphatic heterocycles. The summed E-state index contributed by atoms with van der Waals surface area (Å²) >= 11 is 9.56. The van der Waals surface area contributed by atoms with Crippen molar-refractivity contribution >= 4 is 27.5 Å². The molecule has 0 N–H and O–H groups in total. The number of hydrogen-bond donors (Lipinski definition) is 0. The van der Waals surface area contributed by atoms with Gasteiger partial charge in [-0.3, -0.25) is 4.98 Å². The van der Waals surface area contributed by atoms with Crippen molar-refractivity contribution < 1.29 is 0 Å². The third-order valence-electron chi connectivity index (χ3n) is 3.17. The normalized spacial score (nSPS) is 30.7. The molecule has 2 rings (SSSR count). The SMILES string of the molecule is CC1(Cc2ccc(Br)cn2)CCC(Cl)C1. The molecule has 0 spiro atoms. The smallest absolute Gasteiger partial charge is 0.0413 e. The summed E-state index contributed by atoms with van der Waals surface area (Å²) in [6.45, 7) is 2.32. The van der Waals surface area contributed by atoms with Crippen LogP contribution in [0.2, 0.25) is 0 Å². The van der Waals surface area contributed by atoms with Gasteiger partial charge in [-0.1, -0.05) is 6.92 Å². The van der Waals surface area contributed by atoms with Gasteiger partial charge in [-0.05, 0) is 59.2 Å². The van der Waals surface area contributed by atoms with E-state index in [0.29, 0.717) is 10.8 Å². The topological polar surface area (TPSA) is 12.9 Å². The maximum Gasteiger partial charge on any atom is 0.0413 e. The second kappa shape index (κ2) is 4.42. The zero-order chi connectivity index (χ0) is 10.9. The van der Waals surface area contributed by atoms with Crippen LogP contribution < -0.4 is 0 Å². The Bertz CT molecular complexity index is 338. The first-order valence-electron chi connectivity index (χ1n) is 5.32. The third kappa shape index (κ3) is 2.94. The maximum atomic E-state index is 6.16. The number of halogens is 2. The summed E-state index contributed by atoms with van der Waals surface area (Å²) < 4.78 is 1.04. The van der Waals surface area contributed by atoms with Gasteiger partial charge in [0.2, 0.25) is 0 Å². The molecular formula is C12H15BrClN. The van der Waals surface area contributed by atoms with Crippen LogP contribution in [0.5, 0.6) is 0 Å². The van der Waals surface area contributed by atoms with Crippen LogP contribution in [0.15, 0.2) is 22.8 Å². The van der Waals surface area contributed by atoms with Gasteiger partial charge in [-0.25, -0.2) is 0 Å². The van der Waals surface area contributed by atoms with Gasteiger partial charge in [0, 0.05) is 21.7 Å². The largest absolute Gasteiger partial charge is 0.260 e. The fourth-order valence-corrected chi connectivity index (χ4v) is 3.07.